The third-order valence-corrected chi connectivity index (χ3v) is 5.45. The van der Waals surface area contributed by atoms with Crippen molar-refractivity contribution in [3.05, 3.63) is 24.3 Å². The van der Waals surface area contributed by atoms with Crippen LogP contribution in [0.25, 0.3) is 0 Å². The second kappa shape index (κ2) is 9.22. The van der Waals surface area contributed by atoms with Crippen LogP contribution in [-0.4, -0.2) is 37.1 Å². The molecule has 146 valence electrons. The molecule has 0 amide bonds. The van der Waals surface area contributed by atoms with Crippen molar-refractivity contribution < 1.29 is 24.2 Å². The number of benzene rings is 1. The van der Waals surface area contributed by atoms with E-state index in [4.69, 9.17) is 19.1 Å². The molecule has 1 N–H and O–H groups in total. The lowest BCUT2D eigenvalue weighted by Crippen LogP contribution is -2.54. The van der Waals surface area contributed by atoms with Crippen LogP contribution in [-0.2, 0) is 14.3 Å². The number of hydrogen-bond donors (Lipinski definition) is 1. The monoisotopic (exact) mass is 364 g/mol. The van der Waals surface area contributed by atoms with Crippen LogP contribution < -0.4 is 10.2 Å². The highest BCUT2D eigenvalue weighted by Crippen LogP contribution is 2.27. The highest BCUT2D eigenvalue weighted by atomic mass is 17.2. The van der Waals surface area contributed by atoms with Gasteiger partial charge in [0.15, 0.2) is 0 Å². The van der Waals surface area contributed by atoms with Crippen LogP contribution in [0.2, 0.25) is 0 Å². The van der Waals surface area contributed by atoms with Gasteiger partial charge in [0, 0.05) is 5.46 Å². The number of para-hydroxylation sites is 1. The van der Waals surface area contributed by atoms with Crippen LogP contribution >= 0.6 is 0 Å². The standard InChI is InChI=1S/C20H33BO5/c1-19(2,22)20(3,4)25-21(17-13-9-10-14-18(17)23-5)26-24-15-16-11-7-6-8-12-16/h9-10,13-14,16,22H,6-8,11-12,15H2,1-5H3. The number of ether oxygens (including phenoxy) is 1. The molecule has 0 spiro atoms. The molecule has 1 aliphatic carbocycles. The Kier molecular flexibility index (Phi) is 7.53. The molecule has 1 aromatic carbocycles. The zero-order valence-electron chi connectivity index (χ0n) is 16.8. The van der Waals surface area contributed by atoms with Crippen molar-refractivity contribution >= 4 is 12.6 Å². The molecule has 1 aromatic rings. The van der Waals surface area contributed by atoms with Gasteiger partial charge in [-0.15, -0.1) is 0 Å². The van der Waals surface area contributed by atoms with E-state index in [2.05, 4.69) is 0 Å². The Labute approximate surface area is 158 Å². The molecule has 0 atom stereocenters. The minimum absolute atomic E-state index is 0.532. The van der Waals surface area contributed by atoms with Gasteiger partial charge < -0.3 is 14.5 Å². The Morgan fingerprint density at radius 1 is 1.08 bits per heavy atom. The van der Waals surface area contributed by atoms with Crippen LogP contribution in [0.15, 0.2) is 24.3 Å². The van der Waals surface area contributed by atoms with Crippen molar-refractivity contribution in [2.45, 2.75) is 71.0 Å². The molecule has 2 rings (SSSR count). The summed E-state index contributed by atoms with van der Waals surface area (Å²) < 4.78 is 11.6. The minimum Gasteiger partial charge on any atom is -0.497 e. The van der Waals surface area contributed by atoms with Gasteiger partial charge in [-0.2, -0.15) is 0 Å². The van der Waals surface area contributed by atoms with Crippen LogP contribution in [0.4, 0.5) is 0 Å². The normalized spacial score (nSPS) is 16.5. The van der Waals surface area contributed by atoms with Gasteiger partial charge in [-0.1, -0.05) is 37.5 Å². The molecular weight excluding hydrogens is 331 g/mol. The second-order valence-corrected chi connectivity index (χ2v) is 8.15. The maximum atomic E-state index is 10.4. The molecule has 1 aliphatic rings. The Morgan fingerprint density at radius 2 is 1.73 bits per heavy atom. The van der Waals surface area contributed by atoms with E-state index < -0.39 is 18.3 Å². The number of rotatable bonds is 9. The molecule has 6 heteroatoms. The molecular formula is C20H33BO5. The van der Waals surface area contributed by atoms with Crippen molar-refractivity contribution in [2.24, 2.45) is 5.92 Å². The van der Waals surface area contributed by atoms with Gasteiger partial charge in [0.05, 0.1) is 24.9 Å². The summed E-state index contributed by atoms with van der Waals surface area (Å²) in [6, 6.07) is 7.53. The molecule has 1 fully saturated rings. The zero-order chi connectivity index (χ0) is 19.2. The summed E-state index contributed by atoms with van der Waals surface area (Å²) in [6.45, 7) is 7.65. The van der Waals surface area contributed by atoms with Crippen molar-refractivity contribution in [3.63, 3.8) is 0 Å². The van der Waals surface area contributed by atoms with E-state index in [1.54, 1.807) is 21.0 Å². The van der Waals surface area contributed by atoms with Crippen LogP contribution in [0.1, 0.15) is 59.8 Å². The molecule has 1 saturated carbocycles. The van der Waals surface area contributed by atoms with Crippen molar-refractivity contribution in [2.75, 3.05) is 13.7 Å². The van der Waals surface area contributed by atoms with Crippen molar-refractivity contribution in [1.82, 2.24) is 0 Å². The molecule has 0 aromatic heterocycles. The smallest absolute Gasteiger partial charge is 0.497 e. The summed E-state index contributed by atoms with van der Waals surface area (Å²) in [6.07, 6.45) is 6.18. The van der Waals surface area contributed by atoms with Gasteiger partial charge in [0.2, 0.25) is 0 Å². The van der Waals surface area contributed by atoms with Crippen LogP contribution in [0.5, 0.6) is 5.75 Å². The Bertz CT molecular complexity index is 549. The highest BCUT2D eigenvalue weighted by molar-refractivity contribution is 6.62. The summed E-state index contributed by atoms with van der Waals surface area (Å²) in [5, 5.41) is 10.4. The van der Waals surface area contributed by atoms with Crippen LogP contribution in [0, 0.1) is 5.92 Å². The number of methoxy groups -OCH3 is 1. The highest BCUT2D eigenvalue weighted by Gasteiger charge is 2.42. The average Bonchev–Trinajstić information content (AvgIpc) is 2.60. The van der Waals surface area contributed by atoms with Gasteiger partial charge >= 0.3 is 7.12 Å². The van der Waals surface area contributed by atoms with E-state index in [-0.39, 0.29) is 0 Å². The maximum Gasteiger partial charge on any atom is 0.529 e. The lowest BCUT2D eigenvalue weighted by atomic mass is 9.76. The van der Waals surface area contributed by atoms with E-state index in [1.165, 1.54) is 32.1 Å². The molecule has 0 saturated heterocycles. The van der Waals surface area contributed by atoms with E-state index in [9.17, 15) is 5.11 Å². The largest absolute Gasteiger partial charge is 0.529 e. The van der Waals surface area contributed by atoms with E-state index in [1.807, 2.05) is 38.1 Å². The predicted molar refractivity (Wildman–Crippen MR) is 103 cm³/mol. The molecule has 5 nitrogen and oxygen atoms in total. The molecule has 0 bridgehead atoms. The predicted octanol–water partition coefficient (Wildman–Crippen LogP) is 3.49. The van der Waals surface area contributed by atoms with Crippen molar-refractivity contribution in [1.29, 1.82) is 0 Å². The Balaban J connectivity index is 2.10. The summed E-state index contributed by atoms with van der Waals surface area (Å²) in [5.74, 6) is 1.19. The average molecular weight is 364 g/mol. The van der Waals surface area contributed by atoms with Crippen LogP contribution in [0.3, 0.4) is 0 Å². The molecule has 0 unspecified atom stereocenters. The first-order valence-electron chi connectivity index (χ1n) is 9.56. The van der Waals surface area contributed by atoms with E-state index in [0.29, 0.717) is 18.3 Å². The van der Waals surface area contributed by atoms with Gasteiger partial charge in [-0.3, -0.25) is 4.81 Å². The lowest BCUT2D eigenvalue weighted by Gasteiger charge is -2.39. The van der Waals surface area contributed by atoms with E-state index >= 15 is 0 Å². The Morgan fingerprint density at radius 3 is 2.35 bits per heavy atom. The first-order valence-corrected chi connectivity index (χ1v) is 9.56. The summed E-state index contributed by atoms with van der Waals surface area (Å²) >= 11 is 0. The summed E-state index contributed by atoms with van der Waals surface area (Å²) in [7, 11) is 0.816. The number of hydrogen-bond acceptors (Lipinski definition) is 5. The fourth-order valence-corrected chi connectivity index (χ4v) is 2.96. The van der Waals surface area contributed by atoms with Gasteiger partial charge in [-0.25, -0.2) is 4.89 Å². The minimum atomic E-state index is -1.06. The summed E-state index contributed by atoms with van der Waals surface area (Å²) in [5.41, 5.74) is -1.18. The van der Waals surface area contributed by atoms with E-state index in [0.717, 1.165) is 5.46 Å². The first-order chi connectivity index (χ1) is 12.2. The second-order valence-electron chi connectivity index (χ2n) is 8.15. The van der Waals surface area contributed by atoms with Gasteiger partial charge in [0.1, 0.15) is 5.75 Å². The molecule has 0 aliphatic heterocycles. The quantitative estimate of drug-likeness (QED) is 0.413. The van der Waals surface area contributed by atoms with Gasteiger partial charge in [0.25, 0.3) is 0 Å². The maximum absolute atomic E-state index is 10.4. The fourth-order valence-electron chi connectivity index (χ4n) is 2.96. The number of aliphatic hydroxyl groups is 1. The SMILES string of the molecule is COc1ccccc1B(OOCC1CCCCC1)OC(C)(C)C(C)(C)O. The molecule has 26 heavy (non-hydrogen) atoms. The molecule has 0 radical (unpaired) electrons. The third kappa shape index (κ3) is 5.71. The van der Waals surface area contributed by atoms with Crippen molar-refractivity contribution in [3.8, 4) is 5.75 Å². The summed E-state index contributed by atoms with van der Waals surface area (Å²) in [4.78, 5) is 11.3. The molecule has 0 heterocycles. The third-order valence-electron chi connectivity index (χ3n) is 5.45. The fraction of sp³-hybridized carbons (Fsp3) is 0.700. The lowest BCUT2D eigenvalue weighted by molar-refractivity contribution is -0.242. The first kappa shape index (κ1) is 21.2. The zero-order valence-corrected chi connectivity index (χ0v) is 16.8. The topological polar surface area (TPSA) is 57.2 Å². The Hall–Kier alpha value is -1.08. The van der Waals surface area contributed by atoms with Gasteiger partial charge in [-0.05, 0) is 52.5 Å².